The number of benzene rings is 1. The minimum Gasteiger partial charge on any atom is -0.357 e. The summed E-state index contributed by atoms with van der Waals surface area (Å²) < 4.78 is 13.8. The lowest BCUT2D eigenvalue weighted by molar-refractivity contribution is 0.607. The summed E-state index contributed by atoms with van der Waals surface area (Å²) in [5, 5.41) is 9.52. The Bertz CT molecular complexity index is 726. The van der Waals surface area contributed by atoms with Gasteiger partial charge < -0.3 is 15.5 Å². The van der Waals surface area contributed by atoms with Crippen molar-refractivity contribution < 1.29 is 4.39 Å². The first-order valence-corrected chi connectivity index (χ1v) is 9.21. The zero-order valence-electron chi connectivity index (χ0n) is 15.4. The van der Waals surface area contributed by atoms with Crippen LogP contribution >= 0.6 is 11.3 Å². The highest BCUT2D eigenvalue weighted by atomic mass is 32.1. The van der Waals surface area contributed by atoms with Gasteiger partial charge in [-0.15, -0.1) is 11.3 Å². The third-order valence-electron chi connectivity index (χ3n) is 3.71. The number of aliphatic imine (C=N–C) groups is 1. The Labute approximate surface area is 153 Å². The molecule has 5 nitrogen and oxygen atoms in total. The van der Waals surface area contributed by atoms with Crippen molar-refractivity contribution in [1.29, 1.82) is 0 Å². The predicted molar refractivity (Wildman–Crippen MR) is 104 cm³/mol. The van der Waals surface area contributed by atoms with Crippen LogP contribution in [0.15, 0.2) is 28.6 Å². The molecule has 2 rings (SSSR count). The van der Waals surface area contributed by atoms with Gasteiger partial charge in [-0.05, 0) is 38.0 Å². The van der Waals surface area contributed by atoms with E-state index in [1.54, 1.807) is 30.4 Å². The van der Waals surface area contributed by atoms with E-state index < -0.39 is 0 Å². The Kier molecular flexibility index (Phi) is 6.75. The molecule has 0 radical (unpaired) electrons. The van der Waals surface area contributed by atoms with E-state index in [-0.39, 0.29) is 11.9 Å². The average Bonchev–Trinajstić information content (AvgIpc) is 3.04. The summed E-state index contributed by atoms with van der Waals surface area (Å²) in [5.41, 5.74) is 2.47. The number of aryl methyl sites for hydroxylation is 1. The molecule has 0 aliphatic heterocycles. The van der Waals surface area contributed by atoms with Crippen LogP contribution in [0.3, 0.4) is 0 Å². The van der Waals surface area contributed by atoms with Gasteiger partial charge in [-0.2, -0.15) is 0 Å². The Morgan fingerprint density at radius 1 is 1.40 bits per heavy atom. The van der Waals surface area contributed by atoms with E-state index in [2.05, 4.69) is 20.6 Å². The molecule has 0 aliphatic rings. The molecular formula is C18H26FN5S. The lowest BCUT2D eigenvalue weighted by atomic mass is 10.1. The van der Waals surface area contributed by atoms with Gasteiger partial charge in [0.05, 0.1) is 18.3 Å². The molecule has 7 heteroatoms. The number of thiazole rings is 1. The molecule has 0 saturated heterocycles. The summed E-state index contributed by atoms with van der Waals surface area (Å²) in [6, 6.07) is 5.25. The highest BCUT2D eigenvalue weighted by molar-refractivity contribution is 7.13. The summed E-state index contributed by atoms with van der Waals surface area (Å²) in [6.07, 6.45) is 0. The first-order valence-electron chi connectivity index (χ1n) is 8.33. The van der Waals surface area contributed by atoms with E-state index in [9.17, 15) is 4.39 Å². The summed E-state index contributed by atoms with van der Waals surface area (Å²) in [7, 11) is 3.94. The molecular weight excluding hydrogens is 337 g/mol. The first-order chi connectivity index (χ1) is 11.9. The van der Waals surface area contributed by atoms with Gasteiger partial charge in [-0.3, -0.25) is 0 Å². The van der Waals surface area contributed by atoms with E-state index in [0.717, 1.165) is 22.9 Å². The number of hydrogen-bond acceptors (Lipinski definition) is 4. The van der Waals surface area contributed by atoms with Crippen molar-refractivity contribution in [2.24, 2.45) is 4.99 Å². The van der Waals surface area contributed by atoms with Gasteiger partial charge in [0.15, 0.2) is 11.1 Å². The lowest BCUT2D eigenvalue weighted by Crippen LogP contribution is -2.38. The van der Waals surface area contributed by atoms with Crippen LogP contribution < -0.4 is 15.5 Å². The minimum atomic E-state index is -0.188. The molecule has 0 fully saturated rings. The molecule has 1 unspecified atom stereocenters. The number of hydrogen-bond donors (Lipinski definition) is 2. The number of nitrogens with zero attached hydrogens (tertiary/aromatic N) is 3. The van der Waals surface area contributed by atoms with Crippen LogP contribution in [0.5, 0.6) is 0 Å². The second-order valence-electron chi connectivity index (χ2n) is 6.09. The molecule has 1 aromatic heterocycles. The van der Waals surface area contributed by atoms with Gasteiger partial charge in [-0.1, -0.05) is 12.1 Å². The molecule has 0 spiro atoms. The molecule has 1 aromatic carbocycles. The van der Waals surface area contributed by atoms with Gasteiger partial charge in [0.25, 0.3) is 0 Å². The normalized spacial score (nSPS) is 12.8. The topological polar surface area (TPSA) is 52.6 Å². The van der Waals surface area contributed by atoms with Gasteiger partial charge in [-0.25, -0.2) is 14.4 Å². The van der Waals surface area contributed by atoms with Crippen molar-refractivity contribution in [3.8, 4) is 0 Å². The maximum atomic E-state index is 13.8. The third-order valence-corrected chi connectivity index (χ3v) is 4.77. The smallest absolute Gasteiger partial charge is 0.192 e. The van der Waals surface area contributed by atoms with E-state index >= 15 is 0 Å². The lowest BCUT2D eigenvalue weighted by Gasteiger charge is -2.18. The van der Waals surface area contributed by atoms with Crippen molar-refractivity contribution in [3.63, 3.8) is 0 Å². The monoisotopic (exact) mass is 363 g/mol. The highest BCUT2D eigenvalue weighted by Crippen LogP contribution is 2.19. The van der Waals surface area contributed by atoms with Crippen molar-refractivity contribution in [3.05, 3.63) is 46.2 Å². The molecule has 0 bridgehead atoms. The Morgan fingerprint density at radius 2 is 2.16 bits per heavy atom. The third kappa shape index (κ3) is 5.42. The Hall–Kier alpha value is -2.15. The fourth-order valence-corrected chi connectivity index (χ4v) is 2.97. The molecule has 0 saturated carbocycles. The summed E-state index contributed by atoms with van der Waals surface area (Å²) >= 11 is 1.60. The van der Waals surface area contributed by atoms with E-state index in [1.807, 2.05) is 44.3 Å². The highest BCUT2D eigenvalue weighted by Gasteiger charge is 2.10. The average molecular weight is 364 g/mol. The van der Waals surface area contributed by atoms with Gasteiger partial charge in [0.1, 0.15) is 5.82 Å². The van der Waals surface area contributed by atoms with Crippen molar-refractivity contribution >= 4 is 22.4 Å². The molecule has 2 N–H and O–H groups in total. The van der Waals surface area contributed by atoms with Crippen molar-refractivity contribution in [1.82, 2.24) is 15.6 Å². The number of halogens is 1. The summed E-state index contributed by atoms with van der Waals surface area (Å²) in [6.45, 7) is 7.01. The SMILES string of the molecule is CCNC(=NCc1csc(N(C)C)n1)NC(C)c1ccc(C)c(F)c1. The molecule has 0 aliphatic carbocycles. The van der Waals surface area contributed by atoms with E-state index in [1.165, 1.54) is 0 Å². The van der Waals surface area contributed by atoms with Crippen LogP contribution in [0.25, 0.3) is 0 Å². The fourth-order valence-electron chi connectivity index (χ4n) is 2.22. The summed E-state index contributed by atoms with van der Waals surface area (Å²) in [4.78, 5) is 11.1. The second-order valence-corrected chi connectivity index (χ2v) is 6.92. The van der Waals surface area contributed by atoms with Crippen LogP contribution in [0.2, 0.25) is 0 Å². The second kappa shape index (κ2) is 8.80. The number of rotatable bonds is 6. The molecule has 25 heavy (non-hydrogen) atoms. The molecule has 2 aromatic rings. The van der Waals surface area contributed by atoms with Crippen LogP contribution in [0, 0.1) is 12.7 Å². The maximum absolute atomic E-state index is 13.8. The molecule has 1 heterocycles. The zero-order valence-corrected chi connectivity index (χ0v) is 16.2. The maximum Gasteiger partial charge on any atom is 0.192 e. The largest absolute Gasteiger partial charge is 0.357 e. The van der Waals surface area contributed by atoms with Gasteiger partial charge in [0.2, 0.25) is 0 Å². The Morgan fingerprint density at radius 3 is 2.76 bits per heavy atom. The zero-order chi connectivity index (χ0) is 18.4. The quantitative estimate of drug-likeness (QED) is 0.609. The van der Waals surface area contributed by atoms with Crippen LogP contribution in [-0.4, -0.2) is 31.6 Å². The van der Waals surface area contributed by atoms with Crippen molar-refractivity contribution in [2.75, 3.05) is 25.5 Å². The predicted octanol–water partition coefficient (Wildman–Crippen LogP) is 3.47. The summed E-state index contributed by atoms with van der Waals surface area (Å²) in [5.74, 6) is 0.502. The van der Waals surface area contributed by atoms with Gasteiger partial charge >= 0.3 is 0 Å². The standard InChI is InChI=1S/C18H26FN5S/c1-6-20-17(21-10-15-11-25-18(23-15)24(4)5)22-13(3)14-8-7-12(2)16(19)9-14/h7-9,11,13H,6,10H2,1-5H3,(H2,20,21,22). The minimum absolute atomic E-state index is 0.0549. The van der Waals surface area contributed by atoms with Crippen LogP contribution in [0.1, 0.15) is 36.7 Å². The van der Waals surface area contributed by atoms with Gasteiger partial charge in [0, 0.05) is 26.0 Å². The first kappa shape index (κ1) is 19.2. The molecule has 1 atom stereocenters. The van der Waals surface area contributed by atoms with E-state index in [0.29, 0.717) is 18.1 Å². The molecule has 136 valence electrons. The van der Waals surface area contributed by atoms with Crippen LogP contribution in [-0.2, 0) is 6.54 Å². The van der Waals surface area contributed by atoms with E-state index in [4.69, 9.17) is 0 Å². The number of anilines is 1. The number of guanidine groups is 1. The number of nitrogens with one attached hydrogen (secondary N) is 2. The molecule has 0 amide bonds. The van der Waals surface area contributed by atoms with Crippen molar-refractivity contribution in [2.45, 2.75) is 33.4 Å². The number of aromatic nitrogens is 1. The van der Waals surface area contributed by atoms with Crippen LogP contribution in [0.4, 0.5) is 9.52 Å². The fraction of sp³-hybridized carbons (Fsp3) is 0.444. The Balaban J connectivity index is 2.06.